The first-order chi connectivity index (χ1) is 16.5. The number of aliphatic hydroxyl groups is 1. The number of rotatable bonds is 12. The van der Waals surface area contributed by atoms with Crippen molar-refractivity contribution < 1.29 is 5.11 Å². The molecule has 0 radical (unpaired) electrons. The molecule has 0 bridgehead atoms. The zero-order valence-corrected chi connectivity index (χ0v) is 25.5. The summed E-state index contributed by atoms with van der Waals surface area (Å²) >= 11 is 0. The van der Waals surface area contributed by atoms with Gasteiger partial charge in [0, 0.05) is 0 Å². The molecule has 0 aromatic carbocycles. The maximum atomic E-state index is 10.7. The molecule has 0 spiro atoms. The SMILES string of the molecule is C/C=C\C.C=C/C=C(\C=C)C(C)(C)CC(C)(C)CCC(=C)C(O)C(/C=C\C)=C/C=C\C.CC.CC. The summed E-state index contributed by atoms with van der Waals surface area (Å²) in [6.07, 6.45) is 21.7. The highest BCUT2D eigenvalue weighted by molar-refractivity contribution is 5.33. The van der Waals surface area contributed by atoms with Crippen LogP contribution in [0.25, 0.3) is 0 Å². The summed E-state index contributed by atoms with van der Waals surface area (Å²) in [5, 5.41) is 10.7. The van der Waals surface area contributed by atoms with E-state index in [-0.39, 0.29) is 10.8 Å². The number of hydrogen-bond acceptors (Lipinski definition) is 1. The van der Waals surface area contributed by atoms with Crippen LogP contribution in [0.5, 0.6) is 0 Å². The van der Waals surface area contributed by atoms with Crippen LogP contribution in [0.4, 0.5) is 0 Å². The van der Waals surface area contributed by atoms with Crippen molar-refractivity contribution in [1.82, 2.24) is 0 Å². The van der Waals surface area contributed by atoms with Gasteiger partial charge in [0.1, 0.15) is 0 Å². The fourth-order valence-electron chi connectivity index (χ4n) is 3.59. The van der Waals surface area contributed by atoms with Gasteiger partial charge in [0.05, 0.1) is 6.10 Å². The minimum Gasteiger partial charge on any atom is -0.384 e. The normalized spacial score (nSPS) is 13.3. The fourth-order valence-corrected chi connectivity index (χ4v) is 3.59. The molecule has 202 valence electrons. The molecule has 1 unspecified atom stereocenters. The Bertz CT molecular complexity index is 686. The summed E-state index contributed by atoms with van der Waals surface area (Å²) < 4.78 is 0. The largest absolute Gasteiger partial charge is 0.384 e. The molecular weight excluding hydrogens is 424 g/mol. The Kier molecular flexibility index (Phi) is 28.6. The lowest BCUT2D eigenvalue weighted by molar-refractivity contribution is 0.203. The summed E-state index contributed by atoms with van der Waals surface area (Å²) in [5.41, 5.74) is 3.07. The van der Waals surface area contributed by atoms with Crippen LogP contribution in [-0.2, 0) is 0 Å². The van der Waals surface area contributed by atoms with Crippen molar-refractivity contribution in [1.29, 1.82) is 0 Å². The van der Waals surface area contributed by atoms with Gasteiger partial charge in [-0.3, -0.25) is 0 Å². The smallest absolute Gasteiger partial charge is 0.0998 e. The second-order valence-corrected chi connectivity index (χ2v) is 9.21. The zero-order chi connectivity index (χ0) is 28.5. The van der Waals surface area contributed by atoms with Crippen molar-refractivity contribution in [3.63, 3.8) is 0 Å². The van der Waals surface area contributed by atoms with Gasteiger partial charge < -0.3 is 5.11 Å². The van der Waals surface area contributed by atoms with Gasteiger partial charge in [-0.1, -0.05) is 136 Å². The molecule has 0 saturated carbocycles. The van der Waals surface area contributed by atoms with E-state index in [2.05, 4.69) is 47.4 Å². The highest BCUT2D eigenvalue weighted by Crippen LogP contribution is 2.42. The molecule has 0 rings (SSSR count). The van der Waals surface area contributed by atoms with Crippen LogP contribution in [0.15, 0.2) is 97.2 Å². The first kappa shape index (κ1) is 40.1. The number of hydrogen-bond donors (Lipinski definition) is 1. The van der Waals surface area contributed by atoms with Gasteiger partial charge in [0.25, 0.3) is 0 Å². The molecule has 0 saturated heterocycles. The van der Waals surface area contributed by atoms with Gasteiger partial charge in [0.2, 0.25) is 0 Å². The lowest BCUT2D eigenvalue weighted by Crippen LogP contribution is -2.25. The molecule has 0 aliphatic carbocycles. The predicted octanol–water partition coefficient (Wildman–Crippen LogP) is 11.1. The van der Waals surface area contributed by atoms with E-state index in [9.17, 15) is 5.11 Å². The molecule has 0 amide bonds. The molecule has 35 heavy (non-hydrogen) atoms. The lowest BCUT2D eigenvalue weighted by Gasteiger charge is -2.36. The molecule has 0 aromatic heterocycles. The Morgan fingerprint density at radius 1 is 0.829 bits per heavy atom. The number of allylic oxidation sites excluding steroid dienone is 10. The molecule has 0 aliphatic rings. The Morgan fingerprint density at radius 3 is 1.71 bits per heavy atom. The first-order valence-corrected chi connectivity index (χ1v) is 13.3. The number of aliphatic hydroxyl groups excluding tert-OH is 1. The maximum absolute atomic E-state index is 10.7. The summed E-state index contributed by atoms with van der Waals surface area (Å²) in [5.74, 6) is 0. The van der Waals surface area contributed by atoms with E-state index >= 15 is 0 Å². The van der Waals surface area contributed by atoms with Gasteiger partial charge in [-0.15, -0.1) is 0 Å². The van der Waals surface area contributed by atoms with Crippen molar-refractivity contribution >= 4 is 0 Å². The second-order valence-electron chi connectivity index (χ2n) is 9.21. The van der Waals surface area contributed by atoms with E-state index in [0.717, 1.165) is 30.4 Å². The highest BCUT2D eigenvalue weighted by Gasteiger charge is 2.30. The summed E-state index contributed by atoms with van der Waals surface area (Å²) in [7, 11) is 0. The Morgan fingerprint density at radius 2 is 1.34 bits per heavy atom. The standard InChI is InChI=1S/C26H40O.C4H8.2C2H6/c1-10-14-17-22(15-11-2)24(27)21(5)18-19-25(6,7)20-26(8,9)23(13-4)16-12-3;1-3-4-2;2*1-2/h10-17,24,27H,3-5,18-20H2,1-2,6-9H3;3-4H,1-2H3;2*1-2H3/b14-10-,15-11-,22-17+,23-16+;4-3-;;. The van der Waals surface area contributed by atoms with Gasteiger partial charge in [0.15, 0.2) is 0 Å². The predicted molar refractivity (Wildman–Crippen MR) is 166 cm³/mol. The van der Waals surface area contributed by atoms with Crippen LogP contribution in [-0.4, -0.2) is 11.2 Å². The van der Waals surface area contributed by atoms with Crippen molar-refractivity contribution in [3.05, 3.63) is 97.2 Å². The topological polar surface area (TPSA) is 20.2 Å². The first-order valence-electron chi connectivity index (χ1n) is 13.3. The third kappa shape index (κ3) is 20.9. The second kappa shape index (κ2) is 25.0. The van der Waals surface area contributed by atoms with Crippen LogP contribution >= 0.6 is 0 Å². The fraction of sp³-hybridized carbons (Fsp3) is 0.529. The highest BCUT2D eigenvalue weighted by atomic mass is 16.3. The molecule has 0 fully saturated rings. The molecule has 1 atom stereocenters. The van der Waals surface area contributed by atoms with E-state index in [1.807, 2.05) is 116 Å². The Hall–Kier alpha value is -2.12. The average Bonchev–Trinajstić information content (AvgIpc) is 2.85. The molecular formula is C34H60O. The third-order valence-corrected chi connectivity index (χ3v) is 5.22. The van der Waals surface area contributed by atoms with E-state index in [1.165, 1.54) is 5.57 Å². The minimum absolute atomic E-state index is 0.0152. The Balaban J connectivity index is -0.000000528. The quantitative estimate of drug-likeness (QED) is 0.216. The van der Waals surface area contributed by atoms with Crippen LogP contribution in [0.2, 0.25) is 0 Å². The Labute approximate surface area is 221 Å². The van der Waals surface area contributed by atoms with Crippen molar-refractivity contribution in [3.8, 4) is 0 Å². The zero-order valence-electron chi connectivity index (χ0n) is 25.5. The van der Waals surface area contributed by atoms with Crippen molar-refractivity contribution in [2.24, 2.45) is 10.8 Å². The monoisotopic (exact) mass is 484 g/mol. The summed E-state index contributed by atoms with van der Waals surface area (Å²) in [4.78, 5) is 0. The van der Waals surface area contributed by atoms with Gasteiger partial charge in [-0.2, -0.15) is 0 Å². The van der Waals surface area contributed by atoms with Crippen LogP contribution in [0.3, 0.4) is 0 Å². The summed E-state index contributed by atoms with van der Waals surface area (Å²) in [6, 6.07) is 0. The van der Waals surface area contributed by atoms with Crippen LogP contribution < -0.4 is 0 Å². The van der Waals surface area contributed by atoms with Crippen LogP contribution in [0, 0.1) is 10.8 Å². The molecule has 0 aliphatic heterocycles. The molecule has 1 nitrogen and oxygen atoms in total. The van der Waals surface area contributed by atoms with Crippen LogP contribution in [0.1, 0.15) is 102 Å². The van der Waals surface area contributed by atoms with Gasteiger partial charge in [-0.25, -0.2) is 0 Å². The van der Waals surface area contributed by atoms with E-state index in [4.69, 9.17) is 0 Å². The lowest BCUT2D eigenvalue weighted by atomic mass is 9.69. The summed E-state index contributed by atoms with van der Waals surface area (Å²) in [6.45, 7) is 36.9. The minimum atomic E-state index is -0.634. The van der Waals surface area contributed by atoms with Gasteiger partial charge in [-0.05, 0) is 74.5 Å². The van der Waals surface area contributed by atoms with Crippen molar-refractivity contribution in [2.75, 3.05) is 0 Å². The molecule has 0 aromatic rings. The van der Waals surface area contributed by atoms with E-state index in [1.54, 1.807) is 0 Å². The van der Waals surface area contributed by atoms with Gasteiger partial charge >= 0.3 is 0 Å². The maximum Gasteiger partial charge on any atom is 0.0998 e. The van der Waals surface area contributed by atoms with E-state index in [0.29, 0.717) is 0 Å². The molecule has 1 heteroatoms. The van der Waals surface area contributed by atoms with E-state index < -0.39 is 6.10 Å². The molecule has 1 N–H and O–H groups in total. The third-order valence-electron chi connectivity index (χ3n) is 5.22. The molecule has 0 heterocycles. The van der Waals surface area contributed by atoms with Crippen molar-refractivity contribution in [2.45, 2.75) is 108 Å². The average molecular weight is 485 g/mol.